The van der Waals surface area contributed by atoms with Crippen molar-refractivity contribution >= 4 is 0 Å². The lowest BCUT2D eigenvalue weighted by Gasteiger charge is -2.33. The third-order valence-electron chi connectivity index (χ3n) is 3.19. The highest BCUT2D eigenvalue weighted by Gasteiger charge is 2.22. The minimum absolute atomic E-state index is 0.0467. The first kappa shape index (κ1) is 14.7. The molecule has 1 rings (SSSR count). The molecule has 0 spiro atoms. The molecule has 2 unspecified atom stereocenters. The summed E-state index contributed by atoms with van der Waals surface area (Å²) in [6.07, 6.45) is 0.545. The van der Waals surface area contributed by atoms with Crippen LogP contribution in [0.5, 0.6) is 0 Å². The van der Waals surface area contributed by atoms with Gasteiger partial charge in [-0.1, -0.05) is 36.8 Å². The molecule has 1 aromatic carbocycles. The summed E-state index contributed by atoms with van der Waals surface area (Å²) in [4.78, 5) is 2.28. The largest absolute Gasteiger partial charge is 0.326 e. The zero-order valence-corrected chi connectivity index (χ0v) is 11.6. The van der Waals surface area contributed by atoms with E-state index in [0.717, 1.165) is 13.1 Å². The lowest BCUT2D eigenvalue weighted by Crippen LogP contribution is -2.40. The Morgan fingerprint density at radius 2 is 2.17 bits per heavy atom. The monoisotopic (exact) mass is 245 g/mol. The molecule has 0 fully saturated rings. The third kappa shape index (κ3) is 3.83. The fraction of sp³-hybridized carbons (Fsp3) is 0.533. The van der Waals surface area contributed by atoms with Gasteiger partial charge in [-0.3, -0.25) is 4.90 Å². The number of likely N-dealkylation sites (N-methyl/N-ethyl adjacent to an activating group) is 1. The van der Waals surface area contributed by atoms with E-state index >= 15 is 0 Å². The highest BCUT2D eigenvalue weighted by Crippen LogP contribution is 2.24. The quantitative estimate of drug-likeness (QED) is 0.838. The summed E-state index contributed by atoms with van der Waals surface area (Å²) in [5, 5.41) is 8.74. The first-order valence-corrected chi connectivity index (χ1v) is 6.53. The van der Waals surface area contributed by atoms with Gasteiger partial charge in [0, 0.05) is 25.0 Å². The van der Waals surface area contributed by atoms with Crippen LogP contribution in [-0.4, -0.2) is 24.0 Å². The number of aryl methyl sites for hydroxylation is 1. The van der Waals surface area contributed by atoms with Crippen molar-refractivity contribution in [2.75, 3.05) is 13.1 Å². The average Bonchev–Trinajstić information content (AvgIpc) is 2.33. The Hall–Kier alpha value is -1.37. The molecule has 0 aliphatic carbocycles. The van der Waals surface area contributed by atoms with Crippen LogP contribution in [0.4, 0.5) is 0 Å². The van der Waals surface area contributed by atoms with Crippen molar-refractivity contribution in [1.29, 1.82) is 5.26 Å². The predicted octanol–water partition coefficient (Wildman–Crippen LogP) is 2.62. The Labute approximate surface area is 110 Å². The molecule has 98 valence electrons. The molecule has 0 saturated heterocycles. The molecule has 0 radical (unpaired) electrons. The molecule has 3 nitrogen and oxygen atoms in total. The van der Waals surface area contributed by atoms with Crippen molar-refractivity contribution in [3.8, 4) is 6.07 Å². The van der Waals surface area contributed by atoms with E-state index in [4.69, 9.17) is 11.0 Å². The number of nitrogens with two attached hydrogens (primary N) is 1. The van der Waals surface area contributed by atoms with E-state index in [1.165, 1.54) is 11.1 Å². The molecule has 1 aromatic rings. The number of hydrogen-bond donors (Lipinski definition) is 1. The minimum atomic E-state index is 0.0467. The van der Waals surface area contributed by atoms with E-state index in [2.05, 4.69) is 49.1 Å². The number of hydrogen-bond acceptors (Lipinski definition) is 3. The van der Waals surface area contributed by atoms with Crippen LogP contribution in [0.3, 0.4) is 0 Å². The molecule has 0 aliphatic rings. The van der Waals surface area contributed by atoms with Crippen molar-refractivity contribution in [3.05, 3.63) is 35.4 Å². The predicted molar refractivity (Wildman–Crippen MR) is 75.0 cm³/mol. The van der Waals surface area contributed by atoms with Crippen LogP contribution in [0.15, 0.2) is 24.3 Å². The van der Waals surface area contributed by atoms with E-state index in [-0.39, 0.29) is 12.1 Å². The Balaban J connectivity index is 2.97. The lowest BCUT2D eigenvalue weighted by atomic mass is 9.97. The molecule has 0 aromatic heterocycles. The number of nitriles is 1. The molecule has 0 bridgehead atoms. The van der Waals surface area contributed by atoms with E-state index in [1.807, 2.05) is 6.92 Å². The summed E-state index contributed by atoms with van der Waals surface area (Å²) >= 11 is 0. The van der Waals surface area contributed by atoms with Crippen molar-refractivity contribution < 1.29 is 0 Å². The molecular weight excluding hydrogens is 222 g/mol. The van der Waals surface area contributed by atoms with Gasteiger partial charge in [0.05, 0.1) is 6.07 Å². The van der Waals surface area contributed by atoms with E-state index < -0.39 is 0 Å². The summed E-state index contributed by atoms with van der Waals surface area (Å²) in [7, 11) is 0. The molecule has 0 heterocycles. The highest BCUT2D eigenvalue weighted by atomic mass is 15.2. The maximum absolute atomic E-state index is 8.74. The van der Waals surface area contributed by atoms with Crippen molar-refractivity contribution in [2.45, 2.75) is 39.3 Å². The van der Waals surface area contributed by atoms with Crippen LogP contribution in [0, 0.1) is 18.3 Å². The van der Waals surface area contributed by atoms with Gasteiger partial charge in [-0.2, -0.15) is 5.26 Å². The van der Waals surface area contributed by atoms with Gasteiger partial charge in [0.15, 0.2) is 0 Å². The third-order valence-corrected chi connectivity index (χ3v) is 3.19. The molecule has 2 atom stereocenters. The smallest absolute Gasteiger partial charge is 0.0635 e. The summed E-state index contributed by atoms with van der Waals surface area (Å²) in [6, 6.07) is 10.9. The first-order chi connectivity index (χ1) is 8.60. The summed E-state index contributed by atoms with van der Waals surface area (Å²) in [5.74, 6) is 0. The van der Waals surface area contributed by atoms with E-state index in [0.29, 0.717) is 6.42 Å². The topological polar surface area (TPSA) is 53.0 Å². The molecular formula is C15H23N3. The number of benzene rings is 1. The summed E-state index contributed by atoms with van der Waals surface area (Å²) in [5.41, 5.74) is 8.63. The van der Waals surface area contributed by atoms with Gasteiger partial charge >= 0.3 is 0 Å². The zero-order chi connectivity index (χ0) is 13.5. The maximum Gasteiger partial charge on any atom is 0.0635 e. The molecule has 2 N–H and O–H groups in total. The van der Waals surface area contributed by atoms with Crippen molar-refractivity contribution in [3.63, 3.8) is 0 Å². The Morgan fingerprint density at radius 1 is 1.44 bits per heavy atom. The SMILES string of the molecule is CCN(CCC#N)C(c1cccc(C)c1)C(C)N. The molecule has 3 heteroatoms. The second-order valence-corrected chi connectivity index (χ2v) is 4.75. The normalized spacial score (nSPS) is 14.2. The van der Waals surface area contributed by atoms with Gasteiger partial charge < -0.3 is 5.73 Å². The lowest BCUT2D eigenvalue weighted by molar-refractivity contribution is 0.189. The zero-order valence-electron chi connectivity index (χ0n) is 11.6. The van der Waals surface area contributed by atoms with Gasteiger partial charge in [0.2, 0.25) is 0 Å². The van der Waals surface area contributed by atoms with Gasteiger partial charge in [-0.15, -0.1) is 0 Å². The Morgan fingerprint density at radius 3 is 2.67 bits per heavy atom. The standard InChI is InChI=1S/C15H23N3/c1-4-18(10-6-9-16)15(13(3)17)14-8-5-7-12(2)11-14/h5,7-8,11,13,15H,4,6,10,17H2,1-3H3. The second kappa shape index (κ2) is 7.15. The Bertz CT molecular complexity index is 406. The van der Waals surface area contributed by atoms with Crippen LogP contribution >= 0.6 is 0 Å². The average molecular weight is 245 g/mol. The van der Waals surface area contributed by atoms with Gasteiger partial charge in [-0.25, -0.2) is 0 Å². The molecule has 18 heavy (non-hydrogen) atoms. The number of nitrogens with zero attached hydrogens (tertiary/aromatic N) is 2. The second-order valence-electron chi connectivity index (χ2n) is 4.75. The minimum Gasteiger partial charge on any atom is -0.326 e. The highest BCUT2D eigenvalue weighted by molar-refractivity contribution is 5.26. The molecule has 0 aliphatic heterocycles. The van der Waals surface area contributed by atoms with Gasteiger partial charge in [0.25, 0.3) is 0 Å². The fourth-order valence-electron chi connectivity index (χ4n) is 2.39. The van der Waals surface area contributed by atoms with Crippen LogP contribution in [0.2, 0.25) is 0 Å². The van der Waals surface area contributed by atoms with Crippen molar-refractivity contribution in [2.24, 2.45) is 5.73 Å². The van der Waals surface area contributed by atoms with E-state index in [1.54, 1.807) is 0 Å². The molecule has 0 saturated carbocycles. The Kier molecular flexibility index (Phi) is 5.84. The van der Waals surface area contributed by atoms with Crippen LogP contribution in [-0.2, 0) is 0 Å². The number of rotatable bonds is 6. The van der Waals surface area contributed by atoms with Crippen molar-refractivity contribution in [1.82, 2.24) is 4.90 Å². The van der Waals surface area contributed by atoms with Gasteiger partial charge in [-0.05, 0) is 26.0 Å². The van der Waals surface area contributed by atoms with Crippen LogP contribution < -0.4 is 5.73 Å². The molecule has 0 amide bonds. The summed E-state index contributed by atoms with van der Waals surface area (Å²) in [6.45, 7) is 7.91. The van der Waals surface area contributed by atoms with Crippen LogP contribution in [0.25, 0.3) is 0 Å². The fourth-order valence-corrected chi connectivity index (χ4v) is 2.39. The van der Waals surface area contributed by atoms with Gasteiger partial charge in [0.1, 0.15) is 0 Å². The first-order valence-electron chi connectivity index (χ1n) is 6.53. The summed E-state index contributed by atoms with van der Waals surface area (Å²) < 4.78 is 0. The maximum atomic E-state index is 8.74. The van der Waals surface area contributed by atoms with E-state index in [9.17, 15) is 0 Å². The van der Waals surface area contributed by atoms with Crippen LogP contribution in [0.1, 0.15) is 37.4 Å².